The van der Waals surface area contributed by atoms with Gasteiger partial charge in [0.05, 0.1) is 5.54 Å². The van der Waals surface area contributed by atoms with E-state index in [0.29, 0.717) is 6.61 Å². The fourth-order valence-corrected chi connectivity index (χ4v) is 2.32. The van der Waals surface area contributed by atoms with E-state index >= 15 is 0 Å². The van der Waals surface area contributed by atoms with Crippen LogP contribution in [0.1, 0.15) is 12.5 Å². The fourth-order valence-electron chi connectivity index (χ4n) is 2.32. The van der Waals surface area contributed by atoms with E-state index in [1.165, 1.54) is 5.56 Å². The van der Waals surface area contributed by atoms with Gasteiger partial charge >= 0.3 is 6.09 Å². The molecule has 3 rings (SSSR count). The van der Waals surface area contributed by atoms with Crippen molar-refractivity contribution in [1.82, 2.24) is 5.32 Å². The van der Waals surface area contributed by atoms with Crippen molar-refractivity contribution in [1.29, 1.82) is 0 Å². The molecule has 0 bridgehead atoms. The third-order valence-corrected chi connectivity index (χ3v) is 3.50. The van der Waals surface area contributed by atoms with Crippen LogP contribution in [-0.2, 0) is 10.3 Å². The summed E-state index contributed by atoms with van der Waals surface area (Å²) in [5, 5.41) is 2.84. The zero-order chi connectivity index (χ0) is 13.3. The van der Waals surface area contributed by atoms with Crippen molar-refractivity contribution in [3.8, 4) is 11.1 Å². The van der Waals surface area contributed by atoms with Crippen molar-refractivity contribution in [2.45, 2.75) is 12.5 Å². The van der Waals surface area contributed by atoms with E-state index in [4.69, 9.17) is 4.74 Å². The van der Waals surface area contributed by atoms with E-state index < -0.39 is 5.54 Å². The summed E-state index contributed by atoms with van der Waals surface area (Å²) in [4.78, 5) is 11.2. The minimum absolute atomic E-state index is 0.352. The minimum atomic E-state index is -0.424. The molecule has 1 atom stereocenters. The molecule has 2 aromatic carbocycles. The predicted octanol–water partition coefficient (Wildman–Crippen LogP) is 3.31. The molecule has 1 amide bonds. The number of carbonyl (C=O) groups is 1. The van der Waals surface area contributed by atoms with Gasteiger partial charge in [-0.1, -0.05) is 54.6 Å². The lowest BCUT2D eigenvalue weighted by Crippen LogP contribution is -2.37. The number of hydrogen-bond acceptors (Lipinski definition) is 2. The van der Waals surface area contributed by atoms with Gasteiger partial charge in [-0.3, -0.25) is 0 Å². The Hall–Kier alpha value is -2.29. The summed E-state index contributed by atoms with van der Waals surface area (Å²) in [6.07, 6.45) is -0.352. The monoisotopic (exact) mass is 253 g/mol. The van der Waals surface area contributed by atoms with Crippen LogP contribution in [0.3, 0.4) is 0 Å². The minimum Gasteiger partial charge on any atom is -0.447 e. The molecular formula is C16H15NO2. The molecule has 1 aliphatic heterocycles. The number of cyclic esters (lactones) is 1. The number of hydrogen-bond donors (Lipinski definition) is 1. The molecule has 3 nitrogen and oxygen atoms in total. The normalized spacial score (nSPS) is 21.8. The Morgan fingerprint density at radius 3 is 2.21 bits per heavy atom. The quantitative estimate of drug-likeness (QED) is 0.891. The lowest BCUT2D eigenvalue weighted by Gasteiger charge is -2.21. The summed E-state index contributed by atoms with van der Waals surface area (Å²) in [5.74, 6) is 0. The second-order valence-electron chi connectivity index (χ2n) is 4.98. The van der Waals surface area contributed by atoms with Gasteiger partial charge in [0.2, 0.25) is 0 Å². The van der Waals surface area contributed by atoms with E-state index in [1.807, 2.05) is 37.3 Å². The van der Waals surface area contributed by atoms with Crippen LogP contribution in [0.25, 0.3) is 11.1 Å². The molecule has 96 valence electrons. The molecule has 3 heteroatoms. The number of nitrogens with one attached hydrogen (secondary N) is 1. The van der Waals surface area contributed by atoms with Crippen molar-refractivity contribution >= 4 is 6.09 Å². The Morgan fingerprint density at radius 1 is 1.00 bits per heavy atom. The Morgan fingerprint density at radius 2 is 1.63 bits per heavy atom. The summed E-state index contributed by atoms with van der Waals surface area (Å²) in [6, 6.07) is 18.4. The van der Waals surface area contributed by atoms with Gasteiger partial charge in [0.15, 0.2) is 0 Å². The van der Waals surface area contributed by atoms with Crippen LogP contribution < -0.4 is 5.32 Å². The highest BCUT2D eigenvalue weighted by Gasteiger charge is 2.36. The molecule has 19 heavy (non-hydrogen) atoms. The maximum absolute atomic E-state index is 11.2. The van der Waals surface area contributed by atoms with Crippen LogP contribution in [-0.4, -0.2) is 12.7 Å². The molecule has 1 N–H and O–H groups in total. The molecule has 0 spiro atoms. The smallest absolute Gasteiger partial charge is 0.408 e. The third-order valence-electron chi connectivity index (χ3n) is 3.50. The van der Waals surface area contributed by atoms with Gasteiger partial charge in [0.25, 0.3) is 0 Å². The first-order valence-corrected chi connectivity index (χ1v) is 6.28. The molecule has 0 radical (unpaired) electrons. The predicted molar refractivity (Wildman–Crippen MR) is 73.7 cm³/mol. The second-order valence-corrected chi connectivity index (χ2v) is 4.98. The highest BCUT2D eigenvalue weighted by Crippen LogP contribution is 2.28. The molecule has 1 aliphatic rings. The van der Waals surface area contributed by atoms with E-state index in [0.717, 1.165) is 11.1 Å². The first-order valence-electron chi connectivity index (χ1n) is 6.28. The van der Waals surface area contributed by atoms with Gasteiger partial charge in [-0.15, -0.1) is 0 Å². The SMILES string of the molecule is CC1(c2ccc(-c3ccccc3)cc2)COC(=O)N1. The standard InChI is InChI=1S/C16H15NO2/c1-16(11-19-15(18)17-16)14-9-7-13(8-10-14)12-5-3-2-4-6-12/h2-10H,11H2,1H3,(H,17,18). The average molecular weight is 253 g/mol. The van der Waals surface area contributed by atoms with Crippen LogP contribution in [0.15, 0.2) is 54.6 Å². The molecule has 1 fully saturated rings. The number of rotatable bonds is 2. The Balaban J connectivity index is 1.89. The van der Waals surface area contributed by atoms with Gasteiger partial charge in [-0.25, -0.2) is 4.79 Å². The molecule has 0 aliphatic carbocycles. The molecule has 1 saturated heterocycles. The summed E-state index contributed by atoms with van der Waals surface area (Å²) >= 11 is 0. The average Bonchev–Trinajstić information content (AvgIpc) is 2.81. The molecule has 0 aromatic heterocycles. The zero-order valence-electron chi connectivity index (χ0n) is 10.7. The van der Waals surface area contributed by atoms with Crippen molar-refractivity contribution in [2.75, 3.05) is 6.61 Å². The van der Waals surface area contributed by atoms with E-state index in [9.17, 15) is 4.79 Å². The first kappa shape index (κ1) is 11.8. The Kier molecular flexibility index (Phi) is 2.75. The summed E-state index contributed by atoms with van der Waals surface area (Å²) < 4.78 is 4.99. The second kappa shape index (κ2) is 4.43. The third kappa shape index (κ3) is 2.19. The van der Waals surface area contributed by atoms with Crippen molar-refractivity contribution in [3.63, 3.8) is 0 Å². The summed E-state index contributed by atoms with van der Waals surface area (Å²) in [7, 11) is 0. The maximum atomic E-state index is 11.2. The summed E-state index contributed by atoms with van der Waals surface area (Å²) in [6.45, 7) is 2.34. The van der Waals surface area contributed by atoms with Gasteiger partial charge in [0.1, 0.15) is 6.61 Å². The molecule has 2 aromatic rings. The molecular weight excluding hydrogens is 238 g/mol. The van der Waals surface area contributed by atoms with Crippen LogP contribution in [0.2, 0.25) is 0 Å². The highest BCUT2D eigenvalue weighted by molar-refractivity contribution is 5.71. The highest BCUT2D eigenvalue weighted by atomic mass is 16.6. The van der Waals surface area contributed by atoms with Gasteiger partial charge in [0, 0.05) is 0 Å². The van der Waals surface area contributed by atoms with Crippen LogP contribution in [0.4, 0.5) is 4.79 Å². The molecule has 1 heterocycles. The van der Waals surface area contributed by atoms with Crippen molar-refractivity contribution in [2.24, 2.45) is 0 Å². The topological polar surface area (TPSA) is 38.3 Å². The number of carbonyl (C=O) groups excluding carboxylic acids is 1. The van der Waals surface area contributed by atoms with Gasteiger partial charge in [-0.2, -0.15) is 0 Å². The van der Waals surface area contributed by atoms with Crippen molar-refractivity contribution < 1.29 is 9.53 Å². The lowest BCUT2D eigenvalue weighted by molar-refractivity contribution is 0.173. The van der Waals surface area contributed by atoms with Crippen LogP contribution >= 0.6 is 0 Å². The van der Waals surface area contributed by atoms with E-state index in [1.54, 1.807) is 0 Å². The zero-order valence-corrected chi connectivity index (χ0v) is 10.7. The number of ether oxygens (including phenoxy) is 1. The maximum Gasteiger partial charge on any atom is 0.408 e. The molecule has 0 saturated carbocycles. The van der Waals surface area contributed by atoms with E-state index in [2.05, 4.69) is 29.6 Å². The number of benzene rings is 2. The molecule has 1 unspecified atom stereocenters. The van der Waals surface area contributed by atoms with E-state index in [-0.39, 0.29) is 6.09 Å². The van der Waals surface area contributed by atoms with Gasteiger partial charge < -0.3 is 10.1 Å². The van der Waals surface area contributed by atoms with Crippen LogP contribution in [0.5, 0.6) is 0 Å². The Bertz CT molecular complexity index is 592. The largest absolute Gasteiger partial charge is 0.447 e. The first-order chi connectivity index (χ1) is 9.17. The number of alkyl carbamates (subject to hydrolysis) is 1. The number of amides is 1. The van der Waals surface area contributed by atoms with Crippen LogP contribution in [0, 0.1) is 0 Å². The summed E-state index contributed by atoms with van der Waals surface area (Å²) in [5.41, 5.74) is 2.98. The Labute approximate surface area is 112 Å². The van der Waals surface area contributed by atoms with Gasteiger partial charge in [-0.05, 0) is 23.6 Å². The van der Waals surface area contributed by atoms with Crippen molar-refractivity contribution in [3.05, 3.63) is 60.2 Å². The lowest BCUT2D eigenvalue weighted by atomic mass is 9.92. The fraction of sp³-hybridized carbons (Fsp3) is 0.188.